The Morgan fingerprint density at radius 3 is 2.96 bits per heavy atom. The molecular formula is C17H21N5O. The summed E-state index contributed by atoms with van der Waals surface area (Å²) in [6, 6.07) is 5.83. The summed E-state index contributed by atoms with van der Waals surface area (Å²) < 4.78 is 1.61. The molecule has 1 N–H and O–H groups in total. The number of fused-ring (bicyclic) bond motifs is 2. The molecule has 0 saturated heterocycles. The topological polar surface area (TPSA) is 72.7 Å². The van der Waals surface area contributed by atoms with Crippen LogP contribution < -0.4 is 5.32 Å². The molecule has 2 saturated carbocycles. The van der Waals surface area contributed by atoms with Crippen LogP contribution in [0.1, 0.15) is 37.7 Å². The van der Waals surface area contributed by atoms with Gasteiger partial charge in [-0.2, -0.15) is 0 Å². The molecule has 0 aliphatic heterocycles. The lowest BCUT2D eigenvalue weighted by Gasteiger charge is -2.21. The molecule has 3 atom stereocenters. The predicted molar refractivity (Wildman–Crippen MR) is 86.1 cm³/mol. The van der Waals surface area contributed by atoms with Crippen LogP contribution in [-0.4, -0.2) is 26.1 Å². The number of nitrogens with one attached hydrogen (secondary N) is 1. The summed E-state index contributed by atoms with van der Waals surface area (Å²) in [5.41, 5.74) is 2.74. The van der Waals surface area contributed by atoms with Gasteiger partial charge in [0.15, 0.2) is 0 Å². The molecule has 0 spiro atoms. The summed E-state index contributed by atoms with van der Waals surface area (Å²) in [6.45, 7) is 2.00. The first kappa shape index (κ1) is 14.4. The molecule has 3 unspecified atom stereocenters. The van der Waals surface area contributed by atoms with Crippen LogP contribution in [-0.2, 0) is 4.79 Å². The first-order valence-electron chi connectivity index (χ1n) is 8.33. The van der Waals surface area contributed by atoms with Crippen molar-refractivity contribution in [1.29, 1.82) is 0 Å². The van der Waals surface area contributed by atoms with Gasteiger partial charge in [0.1, 0.15) is 6.33 Å². The standard InChI is InChI=1S/C17H21N5O/c1-11-2-5-15(9-16(11)22-10-18-20-21-22)19-17(23)8-14-7-12-3-4-13(14)6-12/h2,5,9-10,12-14H,3-4,6-8H2,1H3,(H,19,23). The van der Waals surface area contributed by atoms with E-state index in [0.29, 0.717) is 12.3 Å². The van der Waals surface area contributed by atoms with Crippen LogP contribution in [0.2, 0.25) is 0 Å². The lowest BCUT2D eigenvalue weighted by atomic mass is 9.86. The average Bonchev–Trinajstić information content (AvgIpc) is 3.25. The lowest BCUT2D eigenvalue weighted by molar-refractivity contribution is -0.117. The monoisotopic (exact) mass is 311 g/mol. The zero-order valence-electron chi connectivity index (χ0n) is 13.3. The second kappa shape index (κ2) is 5.76. The molecule has 2 bridgehead atoms. The third-order valence-corrected chi connectivity index (χ3v) is 5.42. The van der Waals surface area contributed by atoms with E-state index >= 15 is 0 Å². The number of carbonyl (C=O) groups is 1. The van der Waals surface area contributed by atoms with Crippen LogP contribution in [0.4, 0.5) is 5.69 Å². The fourth-order valence-electron chi connectivity index (χ4n) is 4.28. The van der Waals surface area contributed by atoms with Crippen molar-refractivity contribution in [2.75, 3.05) is 5.32 Å². The van der Waals surface area contributed by atoms with Crippen LogP contribution in [0.25, 0.3) is 5.69 Å². The lowest BCUT2D eigenvalue weighted by Crippen LogP contribution is -2.20. The van der Waals surface area contributed by atoms with Gasteiger partial charge in [0.25, 0.3) is 0 Å². The Hall–Kier alpha value is -2.24. The van der Waals surface area contributed by atoms with E-state index in [2.05, 4.69) is 20.8 Å². The number of hydrogen-bond acceptors (Lipinski definition) is 4. The summed E-state index contributed by atoms with van der Waals surface area (Å²) in [5.74, 6) is 2.36. The number of aryl methyl sites for hydroxylation is 1. The third kappa shape index (κ3) is 2.85. The normalized spacial score (nSPS) is 25.7. The fraction of sp³-hybridized carbons (Fsp3) is 0.529. The highest BCUT2D eigenvalue weighted by atomic mass is 16.1. The zero-order chi connectivity index (χ0) is 15.8. The zero-order valence-corrected chi connectivity index (χ0v) is 13.3. The molecule has 2 aliphatic rings. The number of benzene rings is 1. The minimum atomic E-state index is 0.120. The number of rotatable bonds is 4. The maximum atomic E-state index is 12.4. The van der Waals surface area contributed by atoms with Gasteiger partial charge in [0.05, 0.1) is 5.69 Å². The smallest absolute Gasteiger partial charge is 0.224 e. The number of tetrazole rings is 1. The van der Waals surface area contributed by atoms with Crippen molar-refractivity contribution in [3.63, 3.8) is 0 Å². The summed E-state index contributed by atoms with van der Waals surface area (Å²) in [5, 5.41) is 14.3. The van der Waals surface area contributed by atoms with Crippen molar-refractivity contribution in [2.45, 2.75) is 39.0 Å². The second-order valence-electron chi connectivity index (χ2n) is 6.94. The van der Waals surface area contributed by atoms with E-state index in [1.54, 1.807) is 11.0 Å². The second-order valence-corrected chi connectivity index (χ2v) is 6.94. The van der Waals surface area contributed by atoms with Crippen molar-refractivity contribution in [2.24, 2.45) is 17.8 Å². The van der Waals surface area contributed by atoms with Gasteiger partial charge >= 0.3 is 0 Å². The van der Waals surface area contributed by atoms with Crippen molar-refractivity contribution >= 4 is 11.6 Å². The molecule has 1 aromatic carbocycles. The molecule has 6 nitrogen and oxygen atoms in total. The first-order valence-corrected chi connectivity index (χ1v) is 8.33. The Bertz CT molecular complexity index is 712. The number of nitrogens with zero attached hydrogens (tertiary/aromatic N) is 4. The van der Waals surface area contributed by atoms with Gasteiger partial charge in [0.2, 0.25) is 5.91 Å². The van der Waals surface area contributed by atoms with Gasteiger partial charge in [-0.3, -0.25) is 4.79 Å². The Labute approximate surface area is 135 Å². The van der Waals surface area contributed by atoms with E-state index in [9.17, 15) is 4.79 Å². The summed E-state index contributed by atoms with van der Waals surface area (Å²) in [7, 11) is 0. The molecular weight excluding hydrogens is 290 g/mol. The van der Waals surface area contributed by atoms with Crippen molar-refractivity contribution in [3.8, 4) is 5.69 Å². The third-order valence-electron chi connectivity index (χ3n) is 5.42. The van der Waals surface area contributed by atoms with E-state index < -0.39 is 0 Å². The Balaban J connectivity index is 1.44. The molecule has 1 aromatic heterocycles. The molecule has 23 heavy (non-hydrogen) atoms. The highest BCUT2D eigenvalue weighted by Gasteiger charge is 2.40. The number of aromatic nitrogens is 4. The molecule has 4 rings (SSSR count). The summed E-state index contributed by atoms with van der Waals surface area (Å²) in [6.07, 6.45) is 7.47. The van der Waals surface area contributed by atoms with Crippen LogP contribution in [0.5, 0.6) is 0 Å². The maximum absolute atomic E-state index is 12.4. The average molecular weight is 311 g/mol. The van der Waals surface area contributed by atoms with Crippen molar-refractivity contribution in [3.05, 3.63) is 30.1 Å². The van der Waals surface area contributed by atoms with Gasteiger partial charge in [-0.15, -0.1) is 5.10 Å². The molecule has 2 aliphatic carbocycles. The number of amides is 1. The van der Waals surface area contributed by atoms with Gasteiger partial charge in [-0.1, -0.05) is 12.5 Å². The highest BCUT2D eigenvalue weighted by Crippen LogP contribution is 2.49. The van der Waals surface area contributed by atoms with Gasteiger partial charge in [-0.25, -0.2) is 4.68 Å². The number of anilines is 1. The van der Waals surface area contributed by atoms with Crippen LogP contribution in [0.3, 0.4) is 0 Å². The van der Waals surface area contributed by atoms with Gasteiger partial charge < -0.3 is 5.32 Å². The quantitative estimate of drug-likeness (QED) is 0.942. The molecule has 2 aromatic rings. The van der Waals surface area contributed by atoms with Crippen LogP contribution in [0.15, 0.2) is 24.5 Å². The van der Waals surface area contributed by atoms with E-state index in [4.69, 9.17) is 0 Å². The van der Waals surface area contributed by atoms with Gasteiger partial charge in [0, 0.05) is 12.1 Å². The largest absolute Gasteiger partial charge is 0.326 e. The number of hydrogen-bond donors (Lipinski definition) is 1. The summed E-state index contributed by atoms with van der Waals surface area (Å²) in [4.78, 5) is 12.4. The molecule has 1 heterocycles. The molecule has 2 fully saturated rings. The van der Waals surface area contributed by atoms with E-state index in [-0.39, 0.29) is 5.91 Å². The predicted octanol–water partition coefficient (Wildman–Crippen LogP) is 2.74. The molecule has 6 heteroatoms. The van der Waals surface area contributed by atoms with E-state index in [0.717, 1.165) is 28.8 Å². The maximum Gasteiger partial charge on any atom is 0.224 e. The van der Waals surface area contributed by atoms with E-state index in [1.807, 2.05) is 25.1 Å². The van der Waals surface area contributed by atoms with E-state index in [1.165, 1.54) is 25.7 Å². The number of carbonyl (C=O) groups excluding carboxylic acids is 1. The molecule has 120 valence electrons. The van der Waals surface area contributed by atoms with Crippen molar-refractivity contribution in [1.82, 2.24) is 20.2 Å². The summed E-state index contributed by atoms with van der Waals surface area (Å²) >= 11 is 0. The highest BCUT2D eigenvalue weighted by molar-refractivity contribution is 5.91. The SMILES string of the molecule is Cc1ccc(NC(=O)CC2CC3CCC2C3)cc1-n1cnnn1. The molecule has 0 radical (unpaired) electrons. The van der Waals surface area contributed by atoms with Gasteiger partial charge in [-0.05, 0) is 72.1 Å². The van der Waals surface area contributed by atoms with Crippen LogP contribution in [0, 0.1) is 24.7 Å². The minimum absolute atomic E-state index is 0.120. The minimum Gasteiger partial charge on any atom is -0.326 e. The van der Waals surface area contributed by atoms with Crippen LogP contribution >= 0.6 is 0 Å². The van der Waals surface area contributed by atoms with Crippen molar-refractivity contribution < 1.29 is 4.79 Å². The Kier molecular flexibility index (Phi) is 3.59. The first-order chi connectivity index (χ1) is 11.2. The fourth-order valence-corrected chi connectivity index (χ4v) is 4.28. The molecule has 1 amide bonds. The Morgan fingerprint density at radius 1 is 1.35 bits per heavy atom. The Morgan fingerprint density at radius 2 is 2.26 bits per heavy atom.